The van der Waals surface area contributed by atoms with Crippen LogP contribution in [0.15, 0.2) is 24.3 Å². The van der Waals surface area contributed by atoms with E-state index in [-0.39, 0.29) is 20.5 Å². The number of aliphatic hydroxyl groups excluding tert-OH is 1. The molecule has 0 heterocycles. The summed E-state index contributed by atoms with van der Waals surface area (Å²) in [6.07, 6.45) is 6.25. The van der Waals surface area contributed by atoms with Gasteiger partial charge in [-0.1, -0.05) is 54.1 Å². The minimum atomic E-state index is -0.429. The van der Waals surface area contributed by atoms with Crippen LogP contribution in [-0.4, -0.2) is 20.9 Å². The van der Waals surface area contributed by atoms with E-state index in [2.05, 4.69) is 48.5 Å². The van der Waals surface area contributed by atoms with Crippen molar-refractivity contribution in [1.82, 2.24) is 0 Å². The highest BCUT2D eigenvalue weighted by molar-refractivity contribution is 9.09. The van der Waals surface area contributed by atoms with Crippen molar-refractivity contribution in [3.63, 3.8) is 0 Å². The highest BCUT2D eigenvalue weighted by Gasteiger charge is 2.58. The van der Waals surface area contributed by atoms with Gasteiger partial charge in [-0.2, -0.15) is 0 Å². The molecule has 1 nitrogen and oxygen atoms in total. The van der Waals surface area contributed by atoms with Gasteiger partial charge in [-0.25, -0.2) is 0 Å². The lowest BCUT2D eigenvalue weighted by Gasteiger charge is -2.58. The largest absolute Gasteiger partial charge is 0.392 e. The van der Waals surface area contributed by atoms with E-state index in [9.17, 15) is 5.11 Å². The van der Waals surface area contributed by atoms with Crippen LogP contribution in [-0.2, 0) is 0 Å². The standard InChI is InChI=1S/C15H22BrClO/c1-10-6-5-7-13(2,3)15(10)8-11(16)14(4,17)9-12(15)18/h5,7,11-12,18H,1,6,8-9H2,2-4H3/t11-,12-,14-,15-/m1/s1. The lowest BCUT2D eigenvalue weighted by molar-refractivity contribution is -0.0540. The fourth-order valence-electron chi connectivity index (χ4n) is 3.67. The molecule has 0 amide bonds. The second kappa shape index (κ2) is 4.36. The molecule has 0 radical (unpaired) electrons. The van der Waals surface area contributed by atoms with Gasteiger partial charge >= 0.3 is 0 Å². The monoisotopic (exact) mass is 332 g/mol. The summed E-state index contributed by atoms with van der Waals surface area (Å²) in [6.45, 7) is 10.6. The van der Waals surface area contributed by atoms with Crippen LogP contribution in [0.3, 0.4) is 0 Å². The average molecular weight is 334 g/mol. The molecule has 0 unspecified atom stereocenters. The predicted molar refractivity (Wildman–Crippen MR) is 81.3 cm³/mol. The van der Waals surface area contributed by atoms with Crippen LogP contribution in [0.2, 0.25) is 0 Å². The molecule has 4 atom stereocenters. The average Bonchev–Trinajstić information content (AvgIpc) is 2.20. The van der Waals surface area contributed by atoms with E-state index in [1.165, 1.54) is 0 Å². The maximum absolute atomic E-state index is 10.7. The Morgan fingerprint density at radius 3 is 2.56 bits per heavy atom. The molecule has 1 N–H and O–H groups in total. The zero-order chi connectivity index (χ0) is 13.8. The highest BCUT2D eigenvalue weighted by Crippen LogP contribution is 2.61. The minimum absolute atomic E-state index is 0.0822. The normalized spacial score (nSPS) is 47.6. The number of hydrogen-bond donors (Lipinski definition) is 1. The molecular formula is C15H22BrClO. The van der Waals surface area contributed by atoms with Crippen molar-refractivity contribution in [3.8, 4) is 0 Å². The molecule has 0 aromatic carbocycles. The number of halogens is 2. The maximum Gasteiger partial charge on any atom is 0.0659 e. The Balaban J connectivity index is 2.47. The van der Waals surface area contributed by atoms with Gasteiger partial charge in [0.2, 0.25) is 0 Å². The maximum atomic E-state index is 10.7. The van der Waals surface area contributed by atoms with Crippen molar-refractivity contribution in [2.75, 3.05) is 0 Å². The number of hydrogen-bond acceptors (Lipinski definition) is 1. The van der Waals surface area contributed by atoms with E-state index >= 15 is 0 Å². The minimum Gasteiger partial charge on any atom is -0.392 e. The van der Waals surface area contributed by atoms with Crippen molar-refractivity contribution in [2.24, 2.45) is 10.8 Å². The van der Waals surface area contributed by atoms with Crippen LogP contribution in [0.25, 0.3) is 0 Å². The zero-order valence-corrected chi connectivity index (χ0v) is 13.7. The first kappa shape index (κ1) is 14.6. The summed E-state index contributed by atoms with van der Waals surface area (Å²) in [5.41, 5.74) is 0.796. The van der Waals surface area contributed by atoms with Gasteiger partial charge in [-0.05, 0) is 31.6 Å². The molecule has 18 heavy (non-hydrogen) atoms. The van der Waals surface area contributed by atoms with Gasteiger partial charge in [0, 0.05) is 10.2 Å². The number of rotatable bonds is 0. The van der Waals surface area contributed by atoms with Gasteiger partial charge in [0.15, 0.2) is 0 Å². The summed E-state index contributed by atoms with van der Waals surface area (Å²) in [6, 6.07) is 0. The molecule has 0 aromatic rings. The van der Waals surface area contributed by atoms with E-state index in [0.29, 0.717) is 6.42 Å². The molecule has 2 rings (SSSR count). The molecule has 0 bridgehead atoms. The SMILES string of the molecule is C=C1CC=CC(C)(C)[C@]12C[C@@H](Br)[C@](C)(Cl)C[C@H]2O. The fourth-order valence-corrected chi connectivity index (χ4v) is 4.59. The first-order chi connectivity index (χ1) is 8.13. The van der Waals surface area contributed by atoms with E-state index in [4.69, 9.17) is 11.6 Å². The molecule has 3 heteroatoms. The first-order valence-electron chi connectivity index (χ1n) is 6.50. The van der Waals surface area contributed by atoms with Crippen LogP contribution < -0.4 is 0 Å². The van der Waals surface area contributed by atoms with Crippen LogP contribution in [0.5, 0.6) is 0 Å². The van der Waals surface area contributed by atoms with Crippen molar-refractivity contribution in [3.05, 3.63) is 24.3 Å². The molecule has 2 aliphatic carbocycles. The molecule has 2 aliphatic rings. The zero-order valence-electron chi connectivity index (χ0n) is 11.3. The van der Waals surface area contributed by atoms with Gasteiger partial charge in [-0.3, -0.25) is 0 Å². The van der Waals surface area contributed by atoms with Gasteiger partial charge in [0.1, 0.15) is 0 Å². The Bertz CT molecular complexity index is 399. The lowest BCUT2D eigenvalue weighted by atomic mass is 9.50. The van der Waals surface area contributed by atoms with Crippen molar-refractivity contribution in [2.45, 2.75) is 55.8 Å². The third kappa shape index (κ3) is 1.92. The topological polar surface area (TPSA) is 20.2 Å². The summed E-state index contributed by atoms with van der Waals surface area (Å²) < 4.78 is 0. The Morgan fingerprint density at radius 1 is 1.39 bits per heavy atom. The van der Waals surface area contributed by atoms with E-state index in [0.717, 1.165) is 18.4 Å². The van der Waals surface area contributed by atoms with Gasteiger partial charge in [0.25, 0.3) is 0 Å². The summed E-state index contributed by atoms with van der Waals surface area (Å²) in [4.78, 5) is -0.195. The van der Waals surface area contributed by atoms with Crippen molar-refractivity contribution >= 4 is 27.5 Å². The van der Waals surface area contributed by atoms with Crippen LogP contribution >= 0.6 is 27.5 Å². The van der Waals surface area contributed by atoms with Crippen molar-refractivity contribution < 1.29 is 5.11 Å². The summed E-state index contributed by atoms with van der Waals surface area (Å²) in [5.74, 6) is 0. The molecule has 1 spiro atoms. The highest BCUT2D eigenvalue weighted by atomic mass is 79.9. The van der Waals surface area contributed by atoms with E-state index in [1.807, 2.05) is 6.92 Å². The molecule has 0 aromatic heterocycles. The Morgan fingerprint density at radius 2 is 2.00 bits per heavy atom. The third-order valence-corrected chi connectivity index (χ3v) is 7.01. The Labute approximate surface area is 123 Å². The summed E-state index contributed by atoms with van der Waals surface area (Å²) in [7, 11) is 0. The Kier molecular flexibility index (Phi) is 3.54. The van der Waals surface area contributed by atoms with Crippen molar-refractivity contribution in [1.29, 1.82) is 0 Å². The summed E-state index contributed by atoms with van der Waals surface area (Å²) in [5, 5.41) is 10.7. The quantitative estimate of drug-likeness (QED) is 0.513. The van der Waals surface area contributed by atoms with Gasteiger partial charge in [0.05, 0.1) is 11.0 Å². The molecule has 1 saturated carbocycles. The van der Waals surface area contributed by atoms with Gasteiger partial charge < -0.3 is 5.11 Å². The van der Waals surface area contributed by atoms with Crippen LogP contribution in [0, 0.1) is 10.8 Å². The molecule has 1 fully saturated rings. The van der Waals surface area contributed by atoms with E-state index < -0.39 is 6.10 Å². The summed E-state index contributed by atoms with van der Waals surface area (Å²) >= 11 is 10.2. The van der Waals surface area contributed by atoms with Crippen LogP contribution in [0.1, 0.15) is 40.0 Å². The molecular weight excluding hydrogens is 312 g/mol. The lowest BCUT2D eigenvalue weighted by Crippen LogP contribution is -2.58. The van der Waals surface area contributed by atoms with E-state index in [1.54, 1.807) is 0 Å². The second-order valence-electron chi connectivity index (χ2n) is 6.57. The molecule has 0 saturated heterocycles. The predicted octanol–water partition coefficient (Wildman–Crippen LogP) is 4.43. The van der Waals surface area contributed by atoms with Crippen LogP contribution in [0.4, 0.5) is 0 Å². The number of allylic oxidation sites excluding steroid dienone is 2. The number of alkyl halides is 2. The molecule has 0 aliphatic heterocycles. The third-order valence-electron chi connectivity index (χ3n) is 5.00. The fraction of sp³-hybridized carbons (Fsp3) is 0.733. The first-order valence-corrected chi connectivity index (χ1v) is 7.80. The Hall–Kier alpha value is 0.210. The number of aliphatic hydroxyl groups is 1. The van der Waals surface area contributed by atoms with Gasteiger partial charge in [-0.15, -0.1) is 11.6 Å². The molecule has 102 valence electrons. The second-order valence-corrected chi connectivity index (χ2v) is 8.54. The smallest absolute Gasteiger partial charge is 0.0659 e.